The maximum atomic E-state index is 12.1. The van der Waals surface area contributed by atoms with E-state index in [2.05, 4.69) is 5.32 Å². The second-order valence-electron chi connectivity index (χ2n) is 5.38. The van der Waals surface area contributed by atoms with Crippen LogP contribution < -0.4 is 10.1 Å². The zero-order chi connectivity index (χ0) is 14.4. The van der Waals surface area contributed by atoms with E-state index in [9.17, 15) is 4.79 Å². The Morgan fingerprint density at radius 2 is 2.10 bits per heavy atom. The van der Waals surface area contributed by atoms with Gasteiger partial charge in [-0.2, -0.15) is 0 Å². The fraction of sp³-hybridized carbons (Fsp3) is 0.562. The molecule has 1 aromatic carbocycles. The van der Waals surface area contributed by atoms with Crippen LogP contribution in [0.2, 0.25) is 0 Å². The molecule has 2 rings (SSSR count). The highest BCUT2D eigenvalue weighted by molar-refractivity contribution is 5.97. The largest absolute Gasteiger partial charge is 0.491 e. The first-order valence-electron chi connectivity index (χ1n) is 7.27. The van der Waals surface area contributed by atoms with Crippen LogP contribution in [-0.2, 0) is 4.74 Å². The molecule has 1 heterocycles. The highest BCUT2D eigenvalue weighted by Crippen LogP contribution is 2.16. The Labute approximate surface area is 120 Å². The van der Waals surface area contributed by atoms with Crippen LogP contribution in [0.4, 0.5) is 0 Å². The molecule has 1 fully saturated rings. The summed E-state index contributed by atoms with van der Waals surface area (Å²) in [5.74, 6) is 0.741. The smallest absolute Gasteiger partial charge is 0.188 e. The van der Waals surface area contributed by atoms with Gasteiger partial charge in [0.2, 0.25) is 0 Å². The van der Waals surface area contributed by atoms with Crippen molar-refractivity contribution in [3.05, 3.63) is 29.8 Å². The summed E-state index contributed by atoms with van der Waals surface area (Å²) in [5, 5.41) is 3.28. The number of hydrogen-bond acceptors (Lipinski definition) is 4. The van der Waals surface area contributed by atoms with Crippen molar-refractivity contribution >= 4 is 5.78 Å². The van der Waals surface area contributed by atoms with Crippen LogP contribution in [0, 0.1) is 0 Å². The van der Waals surface area contributed by atoms with Crippen LogP contribution in [0.25, 0.3) is 0 Å². The molecule has 0 atom stereocenters. The van der Waals surface area contributed by atoms with Gasteiger partial charge < -0.3 is 14.8 Å². The molecule has 0 radical (unpaired) electrons. The zero-order valence-electron chi connectivity index (χ0n) is 12.2. The third-order valence-electron chi connectivity index (χ3n) is 3.26. The average Bonchev–Trinajstić information content (AvgIpc) is 2.45. The van der Waals surface area contributed by atoms with E-state index in [1.807, 2.05) is 26.0 Å². The van der Waals surface area contributed by atoms with Gasteiger partial charge in [-0.25, -0.2) is 0 Å². The van der Waals surface area contributed by atoms with Crippen LogP contribution in [0.5, 0.6) is 5.75 Å². The summed E-state index contributed by atoms with van der Waals surface area (Å²) in [6.07, 6.45) is 2.26. The molecule has 1 N–H and O–H groups in total. The average molecular weight is 277 g/mol. The highest BCUT2D eigenvalue weighted by atomic mass is 16.5. The lowest BCUT2D eigenvalue weighted by Crippen LogP contribution is -2.33. The molecule has 0 saturated carbocycles. The van der Waals surface area contributed by atoms with E-state index in [0.29, 0.717) is 5.56 Å². The monoisotopic (exact) mass is 277 g/mol. The summed E-state index contributed by atoms with van der Waals surface area (Å²) in [5.41, 5.74) is 0.650. The molecule has 1 aliphatic heterocycles. The second-order valence-corrected chi connectivity index (χ2v) is 5.38. The number of ether oxygens (including phenoxy) is 2. The molecule has 1 aromatic rings. The predicted octanol–water partition coefficient (Wildman–Crippen LogP) is 2.43. The number of rotatable bonds is 6. The van der Waals surface area contributed by atoms with Gasteiger partial charge in [-0.15, -0.1) is 0 Å². The minimum Gasteiger partial charge on any atom is -0.491 e. The van der Waals surface area contributed by atoms with E-state index in [1.165, 1.54) is 0 Å². The van der Waals surface area contributed by atoms with E-state index < -0.39 is 0 Å². The number of hydrogen-bond donors (Lipinski definition) is 1. The summed E-state index contributed by atoms with van der Waals surface area (Å²) < 4.78 is 11.3. The van der Waals surface area contributed by atoms with Crippen LogP contribution in [0.1, 0.15) is 37.0 Å². The van der Waals surface area contributed by atoms with Crippen molar-refractivity contribution in [2.45, 2.75) is 38.9 Å². The normalized spacial score (nSPS) is 16.4. The van der Waals surface area contributed by atoms with Gasteiger partial charge in [0.25, 0.3) is 0 Å². The molecule has 0 spiro atoms. The summed E-state index contributed by atoms with van der Waals surface area (Å²) in [6.45, 7) is 6.02. The summed E-state index contributed by atoms with van der Waals surface area (Å²) in [4.78, 5) is 12.1. The number of carbonyl (C=O) groups excluding carboxylic acids is 1. The number of piperidine rings is 1. The second kappa shape index (κ2) is 7.41. The molecule has 4 nitrogen and oxygen atoms in total. The van der Waals surface area contributed by atoms with Crippen molar-refractivity contribution in [1.29, 1.82) is 0 Å². The maximum Gasteiger partial charge on any atom is 0.188 e. The maximum absolute atomic E-state index is 12.1. The van der Waals surface area contributed by atoms with E-state index in [1.54, 1.807) is 12.1 Å². The highest BCUT2D eigenvalue weighted by Gasteiger charge is 2.15. The summed E-state index contributed by atoms with van der Waals surface area (Å²) >= 11 is 0. The summed E-state index contributed by atoms with van der Waals surface area (Å²) in [7, 11) is 0. The molecular weight excluding hydrogens is 254 g/mol. The number of carbonyl (C=O) groups is 1. The quantitative estimate of drug-likeness (QED) is 0.811. The van der Waals surface area contributed by atoms with Gasteiger partial charge in [-0.05, 0) is 51.9 Å². The van der Waals surface area contributed by atoms with Crippen molar-refractivity contribution in [3.63, 3.8) is 0 Å². The van der Waals surface area contributed by atoms with Crippen LogP contribution in [0.3, 0.4) is 0 Å². The van der Waals surface area contributed by atoms with Crippen molar-refractivity contribution in [2.24, 2.45) is 0 Å². The van der Waals surface area contributed by atoms with Crippen molar-refractivity contribution in [3.8, 4) is 5.75 Å². The van der Waals surface area contributed by atoms with Gasteiger partial charge in [0.05, 0.1) is 12.2 Å². The van der Waals surface area contributed by atoms with Crippen molar-refractivity contribution < 1.29 is 14.3 Å². The van der Waals surface area contributed by atoms with Gasteiger partial charge in [-0.3, -0.25) is 4.79 Å². The van der Waals surface area contributed by atoms with Crippen molar-refractivity contribution in [1.82, 2.24) is 5.32 Å². The Balaban J connectivity index is 1.88. The molecule has 0 unspecified atom stereocenters. The van der Waals surface area contributed by atoms with E-state index >= 15 is 0 Å². The minimum absolute atomic E-state index is 0.0118. The van der Waals surface area contributed by atoms with Crippen molar-refractivity contribution in [2.75, 3.05) is 19.7 Å². The van der Waals surface area contributed by atoms with Gasteiger partial charge in [0, 0.05) is 5.56 Å². The fourth-order valence-electron chi connectivity index (χ4n) is 2.25. The zero-order valence-corrected chi connectivity index (χ0v) is 12.2. The molecule has 0 aliphatic carbocycles. The SMILES string of the molecule is CC(C)Oc1cccc(C(=O)COC2CCNCC2)c1. The molecule has 0 aromatic heterocycles. The third kappa shape index (κ3) is 4.62. The number of benzene rings is 1. The lowest BCUT2D eigenvalue weighted by atomic mass is 10.1. The van der Waals surface area contributed by atoms with Crippen LogP contribution in [-0.4, -0.2) is 37.7 Å². The first kappa shape index (κ1) is 15.0. The Morgan fingerprint density at radius 3 is 2.80 bits per heavy atom. The summed E-state index contributed by atoms with van der Waals surface area (Å²) in [6, 6.07) is 7.30. The number of ketones is 1. The first-order chi connectivity index (χ1) is 9.65. The van der Waals surface area contributed by atoms with Gasteiger partial charge in [0.1, 0.15) is 12.4 Å². The topological polar surface area (TPSA) is 47.6 Å². The fourth-order valence-corrected chi connectivity index (χ4v) is 2.25. The lowest BCUT2D eigenvalue weighted by molar-refractivity contribution is 0.0317. The Hall–Kier alpha value is -1.39. The molecule has 0 amide bonds. The number of nitrogens with one attached hydrogen (secondary N) is 1. The Morgan fingerprint density at radius 1 is 1.35 bits per heavy atom. The van der Waals surface area contributed by atoms with Crippen LogP contribution >= 0.6 is 0 Å². The van der Waals surface area contributed by atoms with E-state index in [0.717, 1.165) is 31.7 Å². The third-order valence-corrected chi connectivity index (χ3v) is 3.26. The Kier molecular flexibility index (Phi) is 5.56. The lowest BCUT2D eigenvalue weighted by Gasteiger charge is -2.22. The first-order valence-corrected chi connectivity index (χ1v) is 7.27. The number of Topliss-reactive ketones (excluding diaryl/α,β-unsaturated/α-hetero) is 1. The van der Waals surface area contributed by atoms with Gasteiger partial charge in [-0.1, -0.05) is 12.1 Å². The van der Waals surface area contributed by atoms with Crippen LogP contribution in [0.15, 0.2) is 24.3 Å². The molecule has 20 heavy (non-hydrogen) atoms. The molecule has 1 aliphatic rings. The standard InChI is InChI=1S/C16H23NO3/c1-12(2)20-15-5-3-4-13(10-15)16(18)11-19-14-6-8-17-9-7-14/h3-5,10,12,14,17H,6-9,11H2,1-2H3. The van der Waals surface area contributed by atoms with E-state index in [4.69, 9.17) is 9.47 Å². The molecule has 4 heteroatoms. The Bertz CT molecular complexity index is 439. The molecule has 1 saturated heterocycles. The van der Waals surface area contributed by atoms with E-state index in [-0.39, 0.29) is 24.6 Å². The minimum atomic E-state index is 0.0118. The van der Waals surface area contributed by atoms with Gasteiger partial charge >= 0.3 is 0 Å². The molecule has 110 valence electrons. The molecular formula is C16H23NO3. The molecule has 0 bridgehead atoms. The van der Waals surface area contributed by atoms with Gasteiger partial charge in [0.15, 0.2) is 5.78 Å². The predicted molar refractivity (Wildman–Crippen MR) is 78.4 cm³/mol.